The van der Waals surface area contributed by atoms with Gasteiger partial charge < -0.3 is 9.80 Å². The number of carbonyl (C=O) groups is 1. The van der Waals surface area contributed by atoms with Gasteiger partial charge in [0.15, 0.2) is 0 Å². The maximum absolute atomic E-state index is 13.0. The van der Waals surface area contributed by atoms with Crippen molar-refractivity contribution in [1.29, 1.82) is 0 Å². The SMILES string of the molecule is CCCN(CCN(C)C)C(=O)c1ccnc(F)c1. The highest BCUT2D eigenvalue weighted by molar-refractivity contribution is 5.94. The van der Waals surface area contributed by atoms with Crippen molar-refractivity contribution in [3.63, 3.8) is 0 Å². The fourth-order valence-electron chi connectivity index (χ4n) is 1.62. The number of halogens is 1. The van der Waals surface area contributed by atoms with E-state index < -0.39 is 5.95 Å². The van der Waals surface area contributed by atoms with Crippen LogP contribution in [-0.4, -0.2) is 54.4 Å². The number of rotatable bonds is 6. The summed E-state index contributed by atoms with van der Waals surface area (Å²) in [4.78, 5) is 19.4. The minimum absolute atomic E-state index is 0.139. The number of amides is 1. The van der Waals surface area contributed by atoms with Crippen molar-refractivity contribution in [3.8, 4) is 0 Å². The quantitative estimate of drug-likeness (QED) is 0.723. The number of nitrogens with zero attached hydrogens (tertiary/aromatic N) is 3. The Morgan fingerprint density at radius 3 is 2.61 bits per heavy atom. The Morgan fingerprint density at radius 1 is 1.33 bits per heavy atom. The Morgan fingerprint density at radius 2 is 2.06 bits per heavy atom. The van der Waals surface area contributed by atoms with Gasteiger partial charge in [0.1, 0.15) is 0 Å². The average Bonchev–Trinajstić information content (AvgIpc) is 2.33. The molecule has 1 aromatic heterocycles. The number of hydrogen-bond acceptors (Lipinski definition) is 3. The maximum atomic E-state index is 13.0. The molecule has 1 rings (SSSR count). The van der Waals surface area contributed by atoms with Crippen LogP contribution in [0.4, 0.5) is 4.39 Å². The molecule has 18 heavy (non-hydrogen) atoms. The van der Waals surface area contributed by atoms with E-state index >= 15 is 0 Å². The van der Waals surface area contributed by atoms with Gasteiger partial charge in [0, 0.05) is 37.5 Å². The van der Waals surface area contributed by atoms with Crippen molar-refractivity contribution < 1.29 is 9.18 Å². The lowest BCUT2D eigenvalue weighted by Gasteiger charge is -2.24. The Hall–Kier alpha value is -1.49. The highest BCUT2D eigenvalue weighted by Crippen LogP contribution is 2.06. The molecular formula is C13H20FN3O. The van der Waals surface area contributed by atoms with Gasteiger partial charge in [0.05, 0.1) is 0 Å². The van der Waals surface area contributed by atoms with E-state index in [0.717, 1.165) is 13.0 Å². The number of carbonyl (C=O) groups excluding carboxylic acids is 1. The zero-order valence-electron chi connectivity index (χ0n) is 11.2. The Balaban J connectivity index is 2.75. The summed E-state index contributed by atoms with van der Waals surface area (Å²) in [5.74, 6) is -0.759. The predicted octanol–water partition coefficient (Wildman–Crippen LogP) is 1.63. The maximum Gasteiger partial charge on any atom is 0.254 e. The van der Waals surface area contributed by atoms with Gasteiger partial charge in [-0.1, -0.05) is 6.92 Å². The number of pyridine rings is 1. The molecular weight excluding hydrogens is 233 g/mol. The summed E-state index contributed by atoms with van der Waals surface area (Å²) in [7, 11) is 3.92. The van der Waals surface area contributed by atoms with Gasteiger partial charge in [-0.05, 0) is 26.6 Å². The van der Waals surface area contributed by atoms with Gasteiger partial charge in [-0.15, -0.1) is 0 Å². The second-order valence-electron chi connectivity index (χ2n) is 4.46. The number of likely N-dealkylation sites (N-methyl/N-ethyl adjacent to an activating group) is 1. The van der Waals surface area contributed by atoms with E-state index in [0.29, 0.717) is 18.7 Å². The normalized spacial score (nSPS) is 10.7. The van der Waals surface area contributed by atoms with Crippen LogP contribution in [0.2, 0.25) is 0 Å². The van der Waals surface area contributed by atoms with Crippen molar-refractivity contribution >= 4 is 5.91 Å². The first-order valence-corrected chi connectivity index (χ1v) is 6.10. The van der Waals surface area contributed by atoms with Crippen LogP contribution >= 0.6 is 0 Å². The largest absolute Gasteiger partial charge is 0.337 e. The molecule has 0 spiro atoms. The summed E-state index contributed by atoms with van der Waals surface area (Å²) in [5.41, 5.74) is 0.356. The second-order valence-corrected chi connectivity index (χ2v) is 4.46. The predicted molar refractivity (Wildman–Crippen MR) is 68.9 cm³/mol. The Bertz CT molecular complexity index is 396. The first-order valence-electron chi connectivity index (χ1n) is 6.10. The second kappa shape index (κ2) is 7.06. The molecule has 100 valence electrons. The summed E-state index contributed by atoms with van der Waals surface area (Å²) in [6.45, 7) is 4.13. The van der Waals surface area contributed by atoms with E-state index in [9.17, 15) is 9.18 Å². The van der Waals surface area contributed by atoms with Crippen molar-refractivity contribution in [2.24, 2.45) is 0 Å². The third-order valence-electron chi connectivity index (χ3n) is 2.57. The lowest BCUT2D eigenvalue weighted by Crippen LogP contribution is -2.37. The molecule has 0 radical (unpaired) electrons. The minimum atomic E-state index is -0.620. The smallest absolute Gasteiger partial charge is 0.254 e. The third kappa shape index (κ3) is 4.41. The molecule has 0 aliphatic heterocycles. The topological polar surface area (TPSA) is 36.4 Å². The van der Waals surface area contributed by atoms with E-state index in [1.807, 2.05) is 25.9 Å². The van der Waals surface area contributed by atoms with Crippen LogP contribution < -0.4 is 0 Å². The molecule has 1 amide bonds. The van der Waals surface area contributed by atoms with E-state index in [-0.39, 0.29) is 5.91 Å². The van der Waals surface area contributed by atoms with E-state index in [1.54, 1.807) is 11.0 Å². The first-order chi connectivity index (χ1) is 8.54. The summed E-state index contributed by atoms with van der Waals surface area (Å²) in [6.07, 6.45) is 2.20. The molecule has 0 fully saturated rings. The van der Waals surface area contributed by atoms with Gasteiger partial charge in [-0.2, -0.15) is 4.39 Å². The van der Waals surface area contributed by atoms with Crippen LogP contribution in [0.25, 0.3) is 0 Å². The molecule has 0 aromatic carbocycles. The molecule has 0 saturated heterocycles. The zero-order chi connectivity index (χ0) is 13.5. The Kier molecular flexibility index (Phi) is 5.71. The molecule has 5 heteroatoms. The molecule has 1 heterocycles. The van der Waals surface area contributed by atoms with Gasteiger partial charge >= 0.3 is 0 Å². The van der Waals surface area contributed by atoms with Crippen LogP contribution in [0.3, 0.4) is 0 Å². The number of hydrogen-bond donors (Lipinski definition) is 0. The van der Waals surface area contributed by atoms with Crippen molar-refractivity contribution in [3.05, 3.63) is 29.8 Å². The molecule has 0 aliphatic carbocycles. The first kappa shape index (κ1) is 14.6. The standard InChI is InChI=1S/C13H20FN3O/c1-4-7-17(9-8-16(2)3)13(18)11-5-6-15-12(14)10-11/h5-6,10H,4,7-9H2,1-3H3. The Labute approximate surface area is 107 Å². The monoisotopic (exact) mass is 253 g/mol. The van der Waals surface area contributed by atoms with E-state index in [4.69, 9.17) is 0 Å². The highest BCUT2D eigenvalue weighted by atomic mass is 19.1. The van der Waals surface area contributed by atoms with Gasteiger partial charge in [0.25, 0.3) is 5.91 Å². The molecule has 1 aromatic rings. The molecule has 0 unspecified atom stereocenters. The average molecular weight is 253 g/mol. The molecule has 4 nitrogen and oxygen atoms in total. The van der Waals surface area contributed by atoms with Crippen LogP contribution in [0.1, 0.15) is 23.7 Å². The van der Waals surface area contributed by atoms with E-state index in [2.05, 4.69) is 4.98 Å². The van der Waals surface area contributed by atoms with Crippen LogP contribution in [0.5, 0.6) is 0 Å². The van der Waals surface area contributed by atoms with Crippen molar-refractivity contribution in [2.45, 2.75) is 13.3 Å². The zero-order valence-corrected chi connectivity index (χ0v) is 11.2. The molecule has 0 bridgehead atoms. The lowest BCUT2D eigenvalue weighted by atomic mass is 10.2. The fourth-order valence-corrected chi connectivity index (χ4v) is 1.62. The molecule has 0 aliphatic rings. The number of aromatic nitrogens is 1. The van der Waals surface area contributed by atoms with Crippen LogP contribution in [-0.2, 0) is 0 Å². The van der Waals surface area contributed by atoms with E-state index in [1.165, 1.54) is 12.3 Å². The van der Waals surface area contributed by atoms with Gasteiger partial charge in [-0.25, -0.2) is 4.98 Å². The lowest BCUT2D eigenvalue weighted by molar-refractivity contribution is 0.0744. The minimum Gasteiger partial charge on any atom is -0.337 e. The van der Waals surface area contributed by atoms with Gasteiger partial charge in [-0.3, -0.25) is 4.79 Å². The highest BCUT2D eigenvalue weighted by Gasteiger charge is 2.15. The fraction of sp³-hybridized carbons (Fsp3) is 0.538. The summed E-state index contributed by atoms with van der Waals surface area (Å²) in [6, 6.07) is 2.73. The van der Waals surface area contributed by atoms with Crippen molar-refractivity contribution in [2.75, 3.05) is 33.7 Å². The van der Waals surface area contributed by atoms with Crippen LogP contribution in [0.15, 0.2) is 18.3 Å². The molecule has 0 atom stereocenters. The van der Waals surface area contributed by atoms with Crippen LogP contribution in [0, 0.1) is 5.95 Å². The summed E-state index contributed by atoms with van der Waals surface area (Å²) < 4.78 is 13.0. The van der Waals surface area contributed by atoms with Gasteiger partial charge in [0.2, 0.25) is 5.95 Å². The summed E-state index contributed by atoms with van der Waals surface area (Å²) >= 11 is 0. The third-order valence-corrected chi connectivity index (χ3v) is 2.57. The summed E-state index contributed by atoms with van der Waals surface area (Å²) in [5, 5.41) is 0. The van der Waals surface area contributed by atoms with Crippen molar-refractivity contribution in [1.82, 2.24) is 14.8 Å². The molecule has 0 saturated carbocycles. The molecule has 0 N–H and O–H groups in total.